The van der Waals surface area contributed by atoms with Crippen molar-refractivity contribution in [3.63, 3.8) is 0 Å². The van der Waals surface area contributed by atoms with Crippen LogP contribution in [-0.4, -0.2) is 23.5 Å². The number of nitrogens with zero attached hydrogens (tertiary/aromatic N) is 1. The molecule has 1 aromatic carbocycles. The SMILES string of the molecule is CCCC1CCCCN1C(c1ccccc1F)C(N)CC. The van der Waals surface area contributed by atoms with Crippen LogP contribution in [0.4, 0.5) is 4.39 Å². The Hall–Kier alpha value is -0.930. The van der Waals surface area contributed by atoms with E-state index in [0.29, 0.717) is 6.04 Å². The molecule has 0 spiro atoms. The summed E-state index contributed by atoms with van der Waals surface area (Å²) in [5.74, 6) is -0.118. The van der Waals surface area contributed by atoms with Crippen molar-refractivity contribution in [3.05, 3.63) is 35.6 Å². The molecule has 2 N–H and O–H groups in total. The second kappa shape index (κ2) is 7.90. The van der Waals surface area contributed by atoms with Gasteiger partial charge in [0, 0.05) is 17.6 Å². The lowest BCUT2D eigenvalue weighted by Gasteiger charge is -2.44. The van der Waals surface area contributed by atoms with E-state index in [9.17, 15) is 4.39 Å². The second-order valence-electron chi connectivity index (χ2n) is 6.21. The van der Waals surface area contributed by atoms with Crippen LogP contribution in [0.2, 0.25) is 0 Å². The van der Waals surface area contributed by atoms with Crippen LogP contribution < -0.4 is 5.73 Å². The van der Waals surface area contributed by atoms with E-state index in [4.69, 9.17) is 5.73 Å². The van der Waals surface area contributed by atoms with Crippen LogP contribution in [0.1, 0.15) is 64.0 Å². The lowest BCUT2D eigenvalue weighted by molar-refractivity contribution is 0.0707. The fourth-order valence-electron chi connectivity index (χ4n) is 3.63. The summed E-state index contributed by atoms with van der Waals surface area (Å²) in [4.78, 5) is 2.49. The minimum Gasteiger partial charge on any atom is -0.326 e. The van der Waals surface area contributed by atoms with Crippen LogP contribution in [0.15, 0.2) is 24.3 Å². The van der Waals surface area contributed by atoms with E-state index in [1.54, 1.807) is 12.1 Å². The molecule has 1 heterocycles. The first-order valence-electron chi connectivity index (χ1n) is 8.44. The van der Waals surface area contributed by atoms with Gasteiger partial charge < -0.3 is 5.73 Å². The number of hydrogen-bond acceptors (Lipinski definition) is 2. The van der Waals surface area contributed by atoms with Gasteiger partial charge >= 0.3 is 0 Å². The van der Waals surface area contributed by atoms with Crippen LogP contribution >= 0.6 is 0 Å². The third-order valence-corrected chi connectivity index (χ3v) is 4.75. The van der Waals surface area contributed by atoms with E-state index in [-0.39, 0.29) is 17.9 Å². The topological polar surface area (TPSA) is 29.3 Å². The van der Waals surface area contributed by atoms with Gasteiger partial charge in [-0.05, 0) is 38.3 Å². The molecule has 3 heteroatoms. The zero-order valence-electron chi connectivity index (χ0n) is 13.4. The molecule has 3 unspecified atom stereocenters. The summed E-state index contributed by atoms with van der Waals surface area (Å²) in [6.07, 6.45) is 6.92. The predicted molar refractivity (Wildman–Crippen MR) is 86.7 cm³/mol. The first kappa shape index (κ1) is 16.4. The van der Waals surface area contributed by atoms with Gasteiger partial charge in [-0.2, -0.15) is 0 Å². The maximum atomic E-state index is 14.3. The molecule has 0 aromatic heterocycles. The molecule has 118 valence electrons. The van der Waals surface area contributed by atoms with Crippen molar-refractivity contribution in [3.8, 4) is 0 Å². The van der Waals surface area contributed by atoms with Crippen molar-refractivity contribution in [1.82, 2.24) is 4.90 Å². The number of likely N-dealkylation sites (tertiary alicyclic amines) is 1. The molecule has 2 nitrogen and oxygen atoms in total. The van der Waals surface area contributed by atoms with Gasteiger partial charge in [0.05, 0.1) is 6.04 Å². The van der Waals surface area contributed by atoms with Gasteiger partial charge in [0.15, 0.2) is 0 Å². The van der Waals surface area contributed by atoms with Crippen LogP contribution in [-0.2, 0) is 0 Å². The highest BCUT2D eigenvalue weighted by molar-refractivity contribution is 5.23. The maximum Gasteiger partial charge on any atom is 0.128 e. The molecule has 0 radical (unpaired) electrons. The first-order valence-corrected chi connectivity index (χ1v) is 8.44. The smallest absolute Gasteiger partial charge is 0.128 e. The summed E-state index contributed by atoms with van der Waals surface area (Å²) in [7, 11) is 0. The number of benzene rings is 1. The lowest BCUT2D eigenvalue weighted by atomic mass is 9.89. The fraction of sp³-hybridized carbons (Fsp3) is 0.667. The monoisotopic (exact) mass is 292 g/mol. The van der Waals surface area contributed by atoms with Crippen molar-refractivity contribution in [2.45, 2.75) is 70.5 Å². The Kier molecular flexibility index (Phi) is 6.19. The minimum absolute atomic E-state index is 0.00745. The van der Waals surface area contributed by atoms with Gasteiger partial charge in [-0.3, -0.25) is 4.90 Å². The maximum absolute atomic E-state index is 14.3. The fourth-order valence-corrected chi connectivity index (χ4v) is 3.63. The third-order valence-electron chi connectivity index (χ3n) is 4.75. The molecule has 0 aliphatic carbocycles. The Balaban J connectivity index is 2.32. The molecule has 1 saturated heterocycles. The summed E-state index contributed by atoms with van der Waals surface area (Å²) >= 11 is 0. The van der Waals surface area contributed by atoms with E-state index in [1.165, 1.54) is 32.1 Å². The van der Waals surface area contributed by atoms with E-state index in [2.05, 4.69) is 18.7 Å². The molecule has 0 bridgehead atoms. The normalized spacial score (nSPS) is 23.0. The van der Waals surface area contributed by atoms with E-state index in [1.807, 2.05) is 12.1 Å². The van der Waals surface area contributed by atoms with Crippen LogP contribution in [0, 0.1) is 5.82 Å². The molecule has 1 aromatic rings. The second-order valence-corrected chi connectivity index (χ2v) is 6.21. The molecule has 21 heavy (non-hydrogen) atoms. The van der Waals surface area contributed by atoms with Gasteiger partial charge in [-0.15, -0.1) is 0 Å². The van der Waals surface area contributed by atoms with Gasteiger partial charge in [-0.25, -0.2) is 4.39 Å². The number of rotatable bonds is 6. The van der Waals surface area contributed by atoms with Crippen LogP contribution in [0.3, 0.4) is 0 Å². The first-order chi connectivity index (χ1) is 10.2. The predicted octanol–water partition coefficient (Wildman–Crippen LogP) is 4.26. The molecular formula is C18H29FN2. The zero-order valence-corrected chi connectivity index (χ0v) is 13.4. The largest absolute Gasteiger partial charge is 0.326 e. The van der Waals surface area contributed by atoms with Crippen molar-refractivity contribution in [1.29, 1.82) is 0 Å². The van der Waals surface area contributed by atoms with Gasteiger partial charge in [0.1, 0.15) is 5.82 Å². The summed E-state index contributed by atoms with van der Waals surface area (Å²) in [5, 5.41) is 0. The van der Waals surface area contributed by atoms with Gasteiger partial charge in [0.2, 0.25) is 0 Å². The average molecular weight is 292 g/mol. The number of hydrogen-bond donors (Lipinski definition) is 1. The Morgan fingerprint density at radius 2 is 2.05 bits per heavy atom. The van der Waals surface area contributed by atoms with E-state index in [0.717, 1.165) is 18.5 Å². The Morgan fingerprint density at radius 1 is 1.29 bits per heavy atom. The molecular weight excluding hydrogens is 263 g/mol. The van der Waals surface area contributed by atoms with Gasteiger partial charge in [0.25, 0.3) is 0 Å². The highest BCUT2D eigenvalue weighted by atomic mass is 19.1. The number of piperidine rings is 1. The third kappa shape index (κ3) is 3.83. The van der Waals surface area contributed by atoms with Crippen molar-refractivity contribution < 1.29 is 4.39 Å². The average Bonchev–Trinajstić information content (AvgIpc) is 2.51. The summed E-state index contributed by atoms with van der Waals surface area (Å²) in [6.45, 7) is 5.36. The summed E-state index contributed by atoms with van der Waals surface area (Å²) in [5.41, 5.74) is 7.17. The van der Waals surface area contributed by atoms with Crippen molar-refractivity contribution in [2.24, 2.45) is 5.73 Å². The van der Waals surface area contributed by atoms with E-state index < -0.39 is 0 Å². The highest BCUT2D eigenvalue weighted by Crippen LogP contribution is 2.34. The lowest BCUT2D eigenvalue weighted by Crippen LogP contribution is -2.48. The van der Waals surface area contributed by atoms with E-state index >= 15 is 0 Å². The quantitative estimate of drug-likeness (QED) is 0.849. The summed E-state index contributed by atoms with van der Waals surface area (Å²) < 4.78 is 14.3. The number of nitrogens with two attached hydrogens (primary N) is 1. The molecule has 1 fully saturated rings. The number of halogens is 1. The van der Waals surface area contributed by atoms with Crippen molar-refractivity contribution in [2.75, 3.05) is 6.54 Å². The van der Waals surface area contributed by atoms with Gasteiger partial charge in [-0.1, -0.05) is 44.9 Å². The standard InChI is InChI=1S/C18H29FN2/c1-3-9-14-10-7-8-13-21(14)18(17(20)4-2)15-11-5-6-12-16(15)19/h5-6,11-12,14,17-18H,3-4,7-10,13,20H2,1-2H3. The molecule has 2 rings (SSSR count). The minimum atomic E-state index is -0.118. The molecule has 1 aliphatic heterocycles. The molecule has 0 saturated carbocycles. The van der Waals surface area contributed by atoms with Crippen LogP contribution in [0.25, 0.3) is 0 Å². The Bertz CT molecular complexity index is 433. The van der Waals surface area contributed by atoms with Crippen molar-refractivity contribution >= 4 is 0 Å². The summed E-state index contributed by atoms with van der Waals surface area (Å²) in [6, 6.07) is 7.69. The Labute approximate surface area is 128 Å². The highest BCUT2D eigenvalue weighted by Gasteiger charge is 2.33. The molecule has 0 amide bonds. The molecule has 1 aliphatic rings. The molecule has 3 atom stereocenters. The zero-order chi connectivity index (χ0) is 15.2. The van der Waals surface area contributed by atoms with Crippen LogP contribution in [0.5, 0.6) is 0 Å². The Morgan fingerprint density at radius 3 is 2.71 bits per heavy atom.